The Hall–Kier alpha value is -0.620. The third-order valence-corrected chi connectivity index (χ3v) is 5.58. The number of urea groups is 1. The number of unbranched alkanes of at least 4 members (excludes halogenated alkanes) is 3. The van der Waals surface area contributed by atoms with Crippen LogP contribution in [0.1, 0.15) is 51.9 Å². The first kappa shape index (κ1) is 19.4. The molecule has 0 aromatic carbocycles. The molecule has 0 unspecified atom stereocenters. The van der Waals surface area contributed by atoms with Crippen LogP contribution in [0.4, 0.5) is 4.79 Å². The summed E-state index contributed by atoms with van der Waals surface area (Å²) in [5, 5.41) is 14.8. The molecular formula is C15H27ClN2O3S. The summed E-state index contributed by atoms with van der Waals surface area (Å²) in [4.78, 5) is 21.5. The van der Waals surface area contributed by atoms with Crippen molar-refractivity contribution >= 4 is 35.4 Å². The Balaban J connectivity index is 0.000000346. The van der Waals surface area contributed by atoms with Crippen molar-refractivity contribution in [3.05, 3.63) is 0 Å². The lowest BCUT2D eigenvalue weighted by atomic mass is 10.0. The zero-order valence-corrected chi connectivity index (χ0v) is 14.7. The lowest BCUT2D eigenvalue weighted by Gasteiger charge is -2.16. The molecule has 2 aliphatic rings. The van der Waals surface area contributed by atoms with Gasteiger partial charge in [0.05, 0.1) is 12.1 Å². The van der Waals surface area contributed by atoms with E-state index in [-0.39, 0.29) is 24.5 Å². The fourth-order valence-corrected chi connectivity index (χ4v) is 4.34. The SMILES string of the molecule is CCCCCCl.O=C(O)CCCC[C@@H]1SC[C@@H]2NC(=O)N[C@@H]21. The number of carbonyl (C=O) groups excluding carboxylic acids is 1. The number of aliphatic carboxylic acids is 1. The zero-order valence-electron chi connectivity index (χ0n) is 13.1. The molecule has 7 heteroatoms. The summed E-state index contributed by atoms with van der Waals surface area (Å²) in [5.41, 5.74) is 0. The average molecular weight is 351 g/mol. The number of hydrogen-bond acceptors (Lipinski definition) is 3. The predicted molar refractivity (Wildman–Crippen MR) is 91.8 cm³/mol. The highest BCUT2D eigenvalue weighted by molar-refractivity contribution is 8.00. The number of halogens is 1. The van der Waals surface area contributed by atoms with Crippen LogP contribution in [0, 0.1) is 0 Å². The zero-order chi connectivity index (χ0) is 16.4. The molecule has 2 fully saturated rings. The van der Waals surface area contributed by atoms with Crippen LogP contribution in [0.15, 0.2) is 0 Å². The molecule has 3 atom stereocenters. The van der Waals surface area contributed by atoms with Crippen molar-refractivity contribution < 1.29 is 14.7 Å². The number of carboxylic acids is 1. The van der Waals surface area contributed by atoms with Crippen molar-refractivity contribution in [3.63, 3.8) is 0 Å². The number of carboxylic acid groups (broad SMARTS) is 1. The van der Waals surface area contributed by atoms with Crippen molar-refractivity contribution in [1.29, 1.82) is 0 Å². The molecule has 5 nitrogen and oxygen atoms in total. The van der Waals surface area contributed by atoms with Crippen LogP contribution in [0.5, 0.6) is 0 Å². The molecule has 0 aliphatic carbocycles. The Morgan fingerprint density at radius 3 is 2.68 bits per heavy atom. The Morgan fingerprint density at radius 1 is 1.32 bits per heavy atom. The third-order valence-electron chi connectivity index (χ3n) is 3.80. The van der Waals surface area contributed by atoms with Gasteiger partial charge in [0.15, 0.2) is 0 Å². The molecule has 2 aliphatic heterocycles. The molecule has 2 rings (SSSR count). The average Bonchev–Trinajstić information content (AvgIpc) is 3.01. The minimum absolute atomic E-state index is 0.0640. The predicted octanol–water partition coefficient (Wildman–Crippen LogP) is 3.21. The maximum Gasteiger partial charge on any atom is 0.315 e. The van der Waals surface area contributed by atoms with Gasteiger partial charge in [-0.05, 0) is 19.3 Å². The monoisotopic (exact) mass is 350 g/mol. The molecule has 2 saturated heterocycles. The minimum atomic E-state index is -0.729. The minimum Gasteiger partial charge on any atom is -0.481 e. The van der Waals surface area contributed by atoms with Gasteiger partial charge in [0.1, 0.15) is 0 Å². The molecule has 22 heavy (non-hydrogen) atoms. The Morgan fingerprint density at radius 2 is 2.09 bits per heavy atom. The first-order valence-electron chi connectivity index (χ1n) is 8.04. The quantitative estimate of drug-likeness (QED) is 0.357. The highest BCUT2D eigenvalue weighted by atomic mass is 35.5. The number of carbonyl (C=O) groups is 2. The van der Waals surface area contributed by atoms with Crippen LogP contribution in [0.3, 0.4) is 0 Å². The lowest BCUT2D eigenvalue weighted by Crippen LogP contribution is -2.36. The second-order valence-corrected chi connectivity index (χ2v) is 7.31. The Bertz CT molecular complexity index is 354. The van der Waals surface area contributed by atoms with Crippen LogP contribution in [0.2, 0.25) is 0 Å². The van der Waals surface area contributed by atoms with Crippen LogP contribution in [-0.4, -0.2) is 46.1 Å². The first-order chi connectivity index (χ1) is 10.6. The molecule has 0 spiro atoms. The fraction of sp³-hybridized carbons (Fsp3) is 0.867. The normalized spacial score (nSPS) is 25.7. The molecule has 128 valence electrons. The second kappa shape index (κ2) is 11.0. The maximum atomic E-state index is 11.1. The van der Waals surface area contributed by atoms with E-state index in [2.05, 4.69) is 17.6 Å². The van der Waals surface area contributed by atoms with Gasteiger partial charge in [0.2, 0.25) is 0 Å². The van der Waals surface area contributed by atoms with E-state index < -0.39 is 5.97 Å². The van der Waals surface area contributed by atoms with E-state index in [1.807, 2.05) is 11.8 Å². The summed E-state index contributed by atoms with van der Waals surface area (Å²) >= 11 is 7.25. The number of fused-ring (bicyclic) bond motifs is 1. The molecule has 0 bridgehead atoms. The third kappa shape index (κ3) is 7.09. The first-order valence-corrected chi connectivity index (χ1v) is 9.63. The van der Waals surface area contributed by atoms with E-state index in [1.165, 1.54) is 19.3 Å². The van der Waals surface area contributed by atoms with Gasteiger partial charge in [-0.2, -0.15) is 11.8 Å². The van der Waals surface area contributed by atoms with Crippen LogP contribution >= 0.6 is 23.4 Å². The lowest BCUT2D eigenvalue weighted by molar-refractivity contribution is -0.137. The Labute approximate surface area is 141 Å². The standard InChI is InChI=1S/C10H16N2O3S.C5H11Cl/c13-8(14)4-2-1-3-7-9-6(5-16-7)11-10(15)12-9;1-2-3-4-5-6/h6-7,9H,1-5H2,(H,13,14)(H2,11,12,15);2-5H2,1H3/t6-,7-,9-;/m0./s1. The topological polar surface area (TPSA) is 78.4 Å². The van der Waals surface area contributed by atoms with Crippen molar-refractivity contribution in [2.45, 2.75) is 69.2 Å². The van der Waals surface area contributed by atoms with Gasteiger partial charge in [-0.15, -0.1) is 11.6 Å². The van der Waals surface area contributed by atoms with Crippen LogP contribution < -0.4 is 10.6 Å². The van der Waals surface area contributed by atoms with Gasteiger partial charge >= 0.3 is 12.0 Å². The van der Waals surface area contributed by atoms with Gasteiger partial charge < -0.3 is 15.7 Å². The summed E-state index contributed by atoms with van der Waals surface area (Å²) in [6.45, 7) is 2.17. The number of nitrogens with one attached hydrogen (secondary N) is 2. The van der Waals surface area contributed by atoms with E-state index in [1.54, 1.807) is 0 Å². The molecule has 2 heterocycles. The molecule has 0 aromatic rings. The van der Waals surface area contributed by atoms with Crippen molar-refractivity contribution in [2.75, 3.05) is 11.6 Å². The van der Waals surface area contributed by atoms with Crippen LogP contribution in [0.25, 0.3) is 0 Å². The number of rotatable bonds is 8. The molecule has 0 radical (unpaired) electrons. The summed E-state index contributed by atoms with van der Waals surface area (Å²) in [6, 6.07) is 0.440. The summed E-state index contributed by atoms with van der Waals surface area (Å²) in [6.07, 6.45) is 6.61. The molecule has 2 amide bonds. The van der Waals surface area contributed by atoms with Crippen molar-refractivity contribution in [3.8, 4) is 0 Å². The Kier molecular flexibility index (Phi) is 9.71. The van der Waals surface area contributed by atoms with Crippen molar-refractivity contribution in [2.24, 2.45) is 0 Å². The van der Waals surface area contributed by atoms with E-state index in [9.17, 15) is 9.59 Å². The number of hydrogen-bond donors (Lipinski definition) is 3. The smallest absolute Gasteiger partial charge is 0.315 e. The highest BCUT2D eigenvalue weighted by Crippen LogP contribution is 2.33. The van der Waals surface area contributed by atoms with Crippen LogP contribution in [-0.2, 0) is 4.79 Å². The number of thioether (sulfide) groups is 1. The number of alkyl halides is 1. The second-order valence-electron chi connectivity index (χ2n) is 5.66. The van der Waals surface area contributed by atoms with Gasteiger partial charge in [-0.25, -0.2) is 4.79 Å². The van der Waals surface area contributed by atoms with E-state index in [0.29, 0.717) is 5.25 Å². The molecule has 0 saturated carbocycles. The maximum absolute atomic E-state index is 11.1. The van der Waals surface area contributed by atoms with Gasteiger partial charge in [0, 0.05) is 23.3 Å². The summed E-state index contributed by atoms with van der Waals surface area (Å²) < 4.78 is 0. The highest BCUT2D eigenvalue weighted by Gasteiger charge is 2.42. The van der Waals surface area contributed by atoms with E-state index >= 15 is 0 Å². The van der Waals surface area contributed by atoms with E-state index in [4.69, 9.17) is 16.7 Å². The van der Waals surface area contributed by atoms with Gasteiger partial charge in [0.25, 0.3) is 0 Å². The largest absolute Gasteiger partial charge is 0.481 e. The number of amides is 2. The molecule has 0 aromatic heterocycles. The summed E-state index contributed by atoms with van der Waals surface area (Å²) in [7, 11) is 0. The van der Waals surface area contributed by atoms with Gasteiger partial charge in [-0.3, -0.25) is 4.79 Å². The fourth-order valence-electron chi connectivity index (χ4n) is 2.61. The van der Waals surface area contributed by atoms with E-state index in [0.717, 1.165) is 30.9 Å². The molecular weight excluding hydrogens is 324 g/mol. The summed E-state index contributed by atoms with van der Waals surface area (Å²) in [5.74, 6) is 1.06. The van der Waals surface area contributed by atoms with Crippen molar-refractivity contribution in [1.82, 2.24) is 10.6 Å². The molecule has 3 N–H and O–H groups in total. The van der Waals surface area contributed by atoms with Gasteiger partial charge in [-0.1, -0.05) is 26.2 Å².